The van der Waals surface area contributed by atoms with Crippen molar-refractivity contribution in [1.29, 1.82) is 0 Å². The number of benzene rings is 2. The van der Waals surface area contributed by atoms with E-state index in [1.807, 2.05) is 32.0 Å². The number of hydrogen-bond donors (Lipinski definition) is 0. The van der Waals surface area contributed by atoms with Gasteiger partial charge in [-0.2, -0.15) is 0 Å². The summed E-state index contributed by atoms with van der Waals surface area (Å²) in [4.78, 5) is 12.3. The molecular formula is C15H13FO. The molecule has 0 saturated carbocycles. The zero-order chi connectivity index (χ0) is 12.4. The third kappa shape index (κ3) is 2.26. The van der Waals surface area contributed by atoms with E-state index in [-0.39, 0.29) is 11.6 Å². The topological polar surface area (TPSA) is 17.1 Å². The first-order chi connectivity index (χ1) is 8.09. The summed E-state index contributed by atoms with van der Waals surface area (Å²) in [7, 11) is 0. The molecule has 2 rings (SSSR count). The van der Waals surface area contributed by atoms with E-state index in [9.17, 15) is 9.18 Å². The zero-order valence-corrected chi connectivity index (χ0v) is 9.83. The molecule has 1 nitrogen and oxygen atoms in total. The van der Waals surface area contributed by atoms with Gasteiger partial charge in [-0.15, -0.1) is 0 Å². The largest absolute Gasteiger partial charge is 0.289 e. The van der Waals surface area contributed by atoms with Gasteiger partial charge in [-0.05, 0) is 37.1 Å². The lowest BCUT2D eigenvalue weighted by molar-refractivity contribution is 0.103. The van der Waals surface area contributed by atoms with Crippen LogP contribution in [0.1, 0.15) is 27.0 Å². The minimum atomic E-state index is -0.387. The molecule has 0 aliphatic carbocycles. The lowest BCUT2D eigenvalue weighted by Crippen LogP contribution is -2.06. The van der Waals surface area contributed by atoms with Gasteiger partial charge in [-0.25, -0.2) is 4.39 Å². The molecule has 0 heterocycles. The van der Waals surface area contributed by atoms with Gasteiger partial charge in [-0.3, -0.25) is 4.79 Å². The van der Waals surface area contributed by atoms with Gasteiger partial charge in [0.25, 0.3) is 0 Å². The Labute approximate surface area is 99.9 Å². The number of rotatable bonds is 2. The lowest BCUT2D eigenvalue weighted by Gasteiger charge is -2.08. The van der Waals surface area contributed by atoms with E-state index in [2.05, 4.69) is 0 Å². The van der Waals surface area contributed by atoms with Gasteiger partial charge in [0.05, 0.1) is 0 Å². The molecule has 0 aliphatic heterocycles. The zero-order valence-electron chi connectivity index (χ0n) is 9.83. The van der Waals surface area contributed by atoms with Crippen molar-refractivity contribution in [2.75, 3.05) is 0 Å². The van der Waals surface area contributed by atoms with Crippen LogP contribution in [-0.2, 0) is 0 Å². The second-order valence-electron chi connectivity index (χ2n) is 4.11. The highest BCUT2D eigenvalue weighted by atomic mass is 19.1. The normalized spacial score (nSPS) is 10.3. The van der Waals surface area contributed by atoms with Crippen LogP contribution >= 0.6 is 0 Å². The Morgan fingerprint density at radius 1 is 1.00 bits per heavy atom. The molecule has 0 aromatic heterocycles. The first-order valence-electron chi connectivity index (χ1n) is 5.46. The highest BCUT2D eigenvalue weighted by Gasteiger charge is 2.14. The fourth-order valence-corrected chi connectivity index (χ4v) is 1.95. The van der Waals surface area contributed by atoms with Crippen LogP contribution in [0.3, 0.4) is 0 Å². The van der Waals surface area contributed by atoms with Gasteiger partial charge in [0.2, 0.25) is 0 Å². The molecule has 2 heteroatoms. The molecule has 86 valence electrons. The molecule has 0 spiro atoms. The van der Waals surface area contributed by atoms with Gasteiger partial charge < -0.3 is 0 Å². The molecule has 2 aromatic carbocycles. The average molecular weight is 228 g/mol. The third-order valence-electron chi connectivity index (χ3n) is 2.79. The van der Waals surface area contributed by atoms with Crippen molar-refractivity contribution < 1.29 is 9.18 Å². The van der Waals surface area contributed by atoms with Crippen molar-refractivity contribution in [3.05, 3.63) is 70.5 Å². The predicted octanol–water partition coefficient (Wildman–Crippen LogP) is 3.67. The lowest BCUT2D eigenvalue weighted by atomic mass is 9.95. The maximum atomic E-state index is 13.1. The summed E-state index contributed by atoms with van der Waals surface area (Å²) in [5.41, 5.74) is 2.89. The van der Waals surface area contributed by atoms with E-state index in [4.69, 9.17) is 0 Å². The smallest absolute Gasteiger partial charge is 0.193 e. The number of hydrogen-bond acceptors (Lipinski definition) is 1. The SMILES string of the molecule is Cc1cccc(C)c1C(=O)c1cccc(F)c1. The van der Waals surface area contributed by atoms with Crippen LogP contribution in [0.2, 0.25) is 0 Å². The number of ketones is 1. The minimum Gasteiger partial charge on any atom is -0.289 e. The van der Waals surface area contributed by atoms with Crippen molar-refractivity contribution in [1.82, 2.24) is 0 Å². The van der Waals surface area contributed by atoms with Gasteiger partial charge in [0.15, 0.2) is 5.78 Å². The van der Waals surface area contributed by atoms with Crippen LogP contribution in [0, 0.1) is 19.7 Å². The molecule has 0 fully saturated rings. The van der Waals surface area contributed by atoms with E-state index < -0.39 is 0 Å². The Kier molecular flexibility index (Phi) is 3.05. The van der Waals surface area contributed by atoms with Crippen LogP contribution in [0.25, 0.3) is 0 Å². The summed E-state index contributed by atoms with van der Waals surface area (Å²) in [6.07, 6.45) is 0. The van der Waals surface area contributed by atoms with Crippen LogP contribution < -0.4 is 0 Å². The fourth-order valence-electron chi connectivity index (χ4n) is 1.95. The van der Waals surface area contributed by atoms with Crippen molar-refractivity contribution in [3.63, 3.8) is 0 Å². The molecule has 2 aromatic rings. The average Bonchev–Trinajstić information content (AvgIpc) is 2.28. The van der Waals surface area contributed by atoms with Crippen molar-refractivity contribution in [2.24, 2.45) is 0 Å². The molecule has 0 saturated heterocycles. The Balaban J connectivity index is 2.51. The fraction of sp³-hybridized carbons (Fsp3) is 0.133. The van der Waals surface area contributed by atoms with Gasteiger partial charge in [0.1, 0.15) is 5.82 Å². The molecule has 0 aliphatic rings. The van der Waals surface area contributed by atoms with E-state index in [1.54, 1.807) is 12.1 Å². The number of carbonyl (C=O) groups excluding carboxylic acids is 1. The van der Waals surface area contributed by atoms with Gasteiger partial charge in [-0.1, -0.05) is 30.3 Å². The van der Waals surface area contributed by atoms with Gasteiger partial charge >= 0.3 is 0 Å². The van der Waals surface area contributed by atoms with Crippen LogP contribution in [-0.4, -0.2) is 5.78 Å². The summed E-state index contributed by atoms with van der Waals surface area (Å²) in [5, 5.41) is 0. The summed E-state index contributed by atoms with van der Waals surface area (Å²) < 4.78 is 13.1. The van der Waals surface area contributed by atoms with E-state index in [0.29, 0.717) is 11.1 Å². The molecule has 0 atom stereocenters. The van der Waals surface area contributed by atoms with Crippen LogP contribution in [0.4, 0.5) is 4.39 Å². The van der Waals surface area contributed by atoms with Crippen LogP contribution in [0.15, 0.2) is 42.5 Å². The summed E-state index contributed by atoms with van der Waals surface area (Å²) in [6.45, 7) is 3.78. The van der Waals surface area contributed by atoms with E-state index in [0.717, 1.165) is 11.1 Å². The van der Waals surface area contributed by atoms with Crippen molar-refractivity contribution in [2.45, 2.75) is 13.8 Å². The Morgan fingerprint density at radius 3 is 2.18 bits per heavy atom. The first kappa shape index (κ1) is 11.5. The Hall–Kier alpha value is -1.96. The Bertz CT molecular complexity index is 553. The summed E-state index contributed by atoms with van der Waals surface area (Å²) >= 11 is 0. The van der Waals surface area contributed by atoms with Crippen molar-refractivity contribution >= 4 is 5.78 Å². The molecule has 0 amide bonds. The quantitative estimate of drug-likeness (QED) is 0.717. The standard InChI is InChI=1S/C15H13FO/c1-10-5-3-6-11(2)14(10)15(17)12-7-4-8-13(16)9-12/h3-9H,1-2H3. The maximum Gasteiger partial charge on any atom is 0.193 e. The minimum absolute atomic E-state index is 0.125. The molecule has 17 heavy (non-hydrogen) atoms. The summed E-state index contributed by atoms with van der Waals surface area (Å²) in [6, 6.07) is 11.5. The first-order valence-corrected chi connectivity index (χ1v) is 5.46. The number of halogens is 1. The second-order valence-corrected chi connectivity index (χ2v) is 4.11. The number of carbonyl (C=O) groups is 1. The maximum absolute atomic E-state index is 13.1. The molecule has 0 radical (unpaired) electrons. The Morgan fingerprint density at radius 2 is 1.59 bits per heavy atom. The predicted molar refractivity (Wildman–Crippen MR) is 65.7 cm³/mol. The highest BCUT2D eigenvalue weighted by molar-refractivity contribution is 6.10. The van der Waals surface area contributed by atoms with Crippen LogP contribution in [0.5, 0.6) is 0 Å². The van der Waals surface area contributed by atoms with Gasteiger partial charge in [0, 0.05) is 11.1 Å². The summed E-state index contributed by atoms with van der Waals surface area (Å²) in [5.74, 6) is -0.512. The second kappa shape index (κ2) is 4.50. The number of aryl methyl sites for hydroxylation is 2. The molecular weight excluding hydrogens is 215 g/mol. The third-order valence-corrected chi connectivity index (χ3v) is 2.79. The molecule has 0 bridgehead atoms. The highest BCUT2D eigenvalue weighted by Crippen LogP contribution is 2.18. The van der Waals surface area contributed by atoms with E-state index in [1.165, 1.54) is 12.1 Å². The molecule has 0 unspecified atom stereocenters. The monoisotopic (exact) mass is 228 g/mol. The van der Waals surface area contributed by atoms with Crippen molar-refractivity contribution in [3.8, 4) is 0 Å². The molecule has 0 N–H and O–H groups in total. The van der Waals surface area contributed by atoms with E-state index >= 15 is 0 Å².